The predicted molar refractivity (Wildman–Crippen MR) is 49.5 cm³/mol. The van der Waals surface area contributed by atoms with Crippen molar-refractivity contribution in [1.29, 1.82) is 0 Å². The van der Waals surface area contributed by atoms with Crippen molar-refractivity contribution < 1.29 is 4.92 Å². The van der Waals surface area contributed by atoms with Gasteiger partial charge in [0.05, 0.1) is 4.92 Å². The highest BCUT2D eigenvalue weighted by Gasteiger charge is 2.06. The van der Waals surface area contributed by atoms with E-state index in [9.17, 15) is 10.1 Å². The first-order valence-electron chi connectivity index (χ1n) is 4.52. The Kier molecular flexibility index (Phi) is 6.34. The number of hydrogen-bond acceptors (Lipinski definition) is 2. The van der Waals surface area contributed by atoms with Gasteiger partial charge in [0.1, 0.15) is 0 Å². The van der Waals surface area contributed by atoms with E-state index in [1.54, 1.807) is 13.0 Å². The molecule has 0 N–H and O–H groups in total. The lowest BCUT2D eigenvalue weighted by Gasteiger charge is -1.97. The second kappa shape index (κ2) is 6.83. The molecule has 0 rings (SSSR count). The summed E-state index contributed by atoms with van der Waals surface area (Å²) in [6.07, 6.45) is 6.59. The van der Waals surface area contributed by atoms with Crippen LogP contribution in [0.15, 0.2) is 11.8 Å². The summed E-state index contributed by atoms with van der Waals surface area (Å²) < 4.78 is 0. The minimum atomic E-state index is -0.286. The summed E-state index contributed by atoms with van der Waals surface area (Å²) in [4.78, 5) is 10.0. The van der Waals surface area contributed by atoms with E-state index in [0.29, 0.717) is 12.1 Å². The molecule has 0 fully saturated rings. The van der Waals surface area contributed by atoms with Gasteiger partial charge in [-0.05, 0) is 19.4 Å². The van der Waals surface area contributed by atoms with E-state index in [1.165, 1.54) is 12.8 Å². The van der Waals surface area contributed by atoms with Gasteiger partial charge in [-0.25, -0.2) is 0 Å². The SMILES string of the molecule is C/C=C(/CCCCCC)[N+](=O)[O-]. The monoisotopic (exact) mass is 171 g/mol. The standard InChI is InChI=1S/C9H17NO2/c1-3-5-6-7-8-9(4-2)10(11)12/h4H,3,5-8H2,1-2H3/b9-4-. The van der Waals surface area contributed by atoms with Crippen LogP contribution in [0.3, 0.4) is 0 Å². The maximum absolute atomic E-state index is 10.3. The van der Waals surface area contributed by atoms with Crippen molar-refractivity contribution in [2.45, 2.75) is 46.0 Å². The molecule has 70 valence electrons. The van der Waals surface area contributed by atoms with E-state index in [0.717, 1.165) is 12.8 Å². The van der Waals surface area contributed by atoms with Crippen LogP contribution < -0.4 is 0 Å². The molecule has 0 unspecified atom stereocenters. The smallest absolute Gasteiger partial charge is 0.242 e. The Morgan fingerprint density at radius 1 is 1.42 bits per heavy atom. The van der Waals surface area contributed by atoms with E-state index in [-0.39, 0.29) is 4.92 Å². The molecule has 0 aliphatic heterocycles. The fraction of sp³-hybridized carbons (Fsp3) is 0.778. The van der Waals surface area contributed by atoms with Crippen LogP contribution >= 0.6 is 0 Å². The van der Waals surface area contributed by atoms with Crippen LogP contribution in [0.1, 0.15) is 46.0 Å². The highest BCUT2D eigenvalue weighted by molar-refractivity contribution is 4.88. The molecule has 0 amide bonds. The van der Waals surface area contributed by atoms with Crippen molar-refractivity contribution in [2.24, 2.45) is 0 Å². The summed E-state index contributed by atoms with van der Waals surface area (Å²) in [5, 5.41) is 10.3. The molecule has 3 heteroatoms. The minimum Gasteiger partial charge on any atom is -0.259 e. The van der Waals surface area contributed by atoms with E-state index < -0.39 is 0 Å². The zero-order valence-electron chi connectivity index (χ0n) is 7.88. The Morgan fingerprint density at radius 2 is 2.08 bits per heavy atom. The van der Waals surface area contributed by atoms with Crippen LogP contribution in [0.5, 0.6) is 0 Å². The van der Waals surface area contributed by atoms with Gasteiger partial charge in [-0.2, -0.15) is 0 Å². The molecule has 12 heavy (non-hydrogen) atoms. The predicted octanol–water partition coefficient (Wildman–Crippen LogP) is 3.14. The summed E-state index contributed by atoms with van der Waals surface area (Å²) in [6.45, 7) is 3.85. The summed E-state index contributed by atoms with van der Waals surface area (Å²) in [5.74, 6) is 0. The lowest BCUT2D eigenvalue weighted by molar-refractivity contribution is -0.428. The van der Waals surface area contributed by atoms with Crippen molar-refractivity contribution in [3.8, 4) is 0 Å². The van der Waals surface area contributed by atoms with Gasteiger partial charge < -0.3 is 0 Å². The molecule has 0 aliphatic rings. The molecule has 0 aromatic rings. The lowest BCUT2D eigenvalue weighted by Crippen LogP contribution is -1.97. The van der Waals surface area contributed by atoms with E-state index in [1.807, 2.05) is 0 Å². The Hall–Kier alpha value is -0.860. The van der Waals surface area contributed by atoms with Gasteiger partial charge in [-0.15, -0.1) is 0 Å². The second-order valence-corrected chi connectivity index (χ2v) is 2.85. The van der Waals surface area contributed by atoms with Crippen molar-refractivity contribution in [3.63, 3.8) is 0 Å². The van der Waals surface area contributed by atoms with Crippen LogP contribution in [-0.4, -0.2) is 4.92 Å². The van der Waals surface area contributed by atoms with Gasteiger partial charge in [-0.1, -0.05) is 26.2 Å². The summed E-state index contributed by atoms with van der Waals surface area (Å²) in [5.41, 5.74) is 0.353. The minimum absolute atomic E-state index is 0.286. The fourth-order valence-corrected chi connectivity index (χ4v) is 1.07. The largest absolute Gasteiger partial charge is 0.259 e. The van der Waals surface area contributed by atoms with Gasteiger partial charge in [0.2, 0.25) is 5.70 Å². The van der Waals surface area contributed by atoms with Gasteiger partial charge >= 0.3 is 0 Å². The van der Waals surface area contributed by atoms with Crippen LogP contribution in [0.25, 0.3) is 0 Å². The number of unbranched alkanes of at least 4 members (excludes halogenated alkanes) is 3. The first-order chi connectivity index (χ1) is 5.72. The summed E-state index contributed by atoms with van der Waals surface area (Å²) >= 11 is 0. The zero-order chi connectivity index (χ0) is 9.40. The van der Waals surface area contributed by atoms with Gasteiger partial charge in [0.25, 0.3) is 0 Å². The normalized spacial score (nSPS) is 11.7. The van der Waals surface area contributed by atoms with Crippen LogP contribution in [0.2, 0.25) is 0 Å². The molecule has 0 aromatic carbocycles. The van der Waals surface area contributed by atoms with Crippen LogP contribution in [0.4, 0.5) is 0 Å². The molecule has 3 nitrogen and oxygen atoms in total. The highest BCUT2D eigenvalue weighted by Crippen LogP contribution is 2.09. The third-order valence-corrected chi connectivity index (χ3v) is 1.85. The van der Waals surface area contributed by atoms with Crippen LogP contribution in [-0.2, 0) is 0 Å². The Bertz CT molecular complexity index is 164. The number of rotatable bonds is 6. The molecule has 0 saturated heterocycles. The molecule has 0 saturated carbocycles. The lowest BCUT2D eigenvalue weighted by atomic mass is 10.1. The Labute approximate surface area is 73.6 Å². The molecule has 0 atom stereocenters. The summed E-state index contributed by atoms with van der Waals surface area (Å²) in [7, 11) is 0. The zero-order valence-corrected chi connectivity index (χ0v) is 7.88. The molecule has 0 aliphatic carbocycles. The average molecular weight is 171 g/mol. The number of allylic oxidation sites excluding steroid dienone is 2. The van der Waals surface area contributed by atoms with Gasteiger partial charge in [0, 0.05) is 6.42 Å². The van der Waals surface area contributed by atoms with Crippen molar-refractivity contribution in [1.82, 2.24) is 0 Å². The fourth-order valence-electron chi connectivity index (χ4n) is 1.07. The number of nitro groups is 1. The molecular formula is C9H17NO2. The topological polar surface area (TPSA) is 43.1 Å². The quantitative estimate of drug-likeness (QED) is 0.350. The van der Waals surface area contributed by atoms with Crippen molar-refractivity contribution in [2.75, 3.05) is 0 Å². The average Bonchev–Trinajstić information content (AvgIpc) is 2.04. The van der Waals surface area contributed by atoms with Crippen molar-refractivity contribution in [3.05, 3.63) is 21.9 Å². The maximum Gasteiger partial charge on any atom is 0.242 e. The molecule has 0 radical (unpaired) electrons. The third kappa shape index (κ3) is 4.88. The number of hydrogen-bond donors (Lipinski definition) is 0. The third-order valence-electron chi connectivity index (χ3n) is 1.85. The van der Waals surface area contributed by atoms with E-state index in [4.69, 9.17) is 0 Å². The molecule has 0 bridgehead atoms. The highest BCUT2D eigenvalue weighted by atomic mass is 16.6. The first kappa shape index (κ1) is 11.1. The molecule has 0 aromatic heterocycles. The van der Waals surface area contributed by atoms with E-state index >= 15 is 0 Å². The van der Waals surface area contributed by atoms with Gasteiger partial charge in [0.15, 0.2) is 0 Å². The molecule has 0 heterocycles. The first-order valence-corrected chi connectivity index (χ1v) is 4.52. The molecular weight excluding hydrogens is 154 g/mol. The second-order valence-electron chi connectivity index (χ2n) is 2.85. The molecule has 0 spiro atoms. The van der Waals surface area contributed by atoms with Crippen molar-refractivity contribution >= 4 is 0 Å². The van der Waals surface area contributed by atoms with E-state index in [2.05, 4.69) is 6.92 Å². The van der Waals surface area contributed by atoms with Gasteiger partial charge in [-0.3, -0.25) is 10.1 Å². The number of nitrogens with zero attached hydrogens (tertiary/aromatic N) is 1. The maximum atomic E-state index is 10.3. The van der Waals surface area contributed by atoms with Crippen LogP contribution in [0, 0.1) is 10.1 Å². The summed E-state index contributed by atoms with van der Waals surface area (Å²) in [6, 6.07) is 0. The Balaban J connectivity index is 3.54. The Morgan fingerprint density at radius 3 is 2.50 bits per heavy atom.